The summed E-state index contributed by atoms with van der Waals surface area (Å²) in [6, 6.07) is 14.4. The van der Waals surface area contributed by atoms with Gasteiger partial charge in [0.15, 0.2) is 6.10 Å². The van der Waals surface area contributed by atoms with Crippen LogP contribution in [0.5, 0.6) is 5.75 Å². The van der Waals surface area contributed by atoms with Gasteiger partial charge in [-0.25, -0.2) is 0 Å². The molecular formula is C30H41N3O4. The van der Waals surface area contributed by atoms with Crippen LogP contribution in [0.25, 0.3) is 0 Å². The normalized spacial score (nSPS) is 18.9. The monoisotopic (exact) mass is 507 g/mol. The van der Waals surface area contributed by atoms with Gasteiger partial charge in [-0.1, -0.05) is 49.7 Å². The summed E-state index contributed by atoms with van der Waals surface area (Å²) in [7, 11) is 1.71. The van der Waals surface area contributed by atoms with Crippen molar-refractivity contribution in [1.82, 2.24) is 14.7 Å². The number of benzene rings is 2. The van der Waals surface area contributed by atoms with E-state index in [1.54, 1.807) is 7.11 Å². The standard InChI is InChI=1S/C30H41N3O4/c1-5-27(30(35)32-17-15-31(16-18-32)19-20-36-4)37-25-12-11-23-13-14-33(28(34)6-2)29(26(23)21-25)24-9-7-22(3)8-10-24/h7-12,21,27,29H,5-6,13-20H2,1-4H3/t27-,29-/m1/s1. The minimum absolute atomic E-state index is 0.0458. The molecule has 0 bridgehead atoms. The molecule has 4 rings (SSSR count). The summed E-state index contributed by atoms with van der Waals surface area (Å²) in [5.74, 6) is 0.874. The van der Waals surface area contributed by atoms with E-state index in [0.29, 0.717) is 44.8 Å². The van der Waals surface area contributed by atoms with Crippen molar-refractivity contribution in [3.63, 3.8) is 0 Å². The zero-order chi connectivity index (χ0) is 26.4. The SMILES string of the molecule is CCC(=O)N1CCc2ccc(O[C@H](CC)C(=O)N3CCN(CCOC)CC3)cc2[C@H]1c1ccc(C)cc1. The summed E-state index contributed by atoms with van der Waals surface area (Å²) in [6.07, 6.45) is 1.35. The summed E-state index contributed by atoms with van der Waals surface area (Å²) in [4.78, 5) is 32.5. The van der Waals surface area contributed by atoms with Crippen molar-refractivity contribution in [2.75, 3.05) is 53.0 Å². The summed E-state index contributed by atoms with van der Waals surface area (Å²) in [6.45, 7) is 11.4. The number of nitrogens with zero attached hydrogens (tertiary/aromatic N) is 3. The molecule has 2 aliphatic rings. The van der Waals surface area contributed by atoms with Gasteiger partial charge in [-0.3, -0.25) is 14.5 Å². The third kappa shape index (κ3) is 6.33. The quantitative estimate of drug-likeness (QED) is 0.516. The van der Waals surface area contributed by atoms with Gasteiger partial charge < -0.3 is 19.3 Å². The Balaban J connectivity index is 1.53. The van der Waals surface area contributed by atoms with Crippen molar-refractivity contribution in [1.29, 1.82) is 0 Å². The highest BCUT2D eigenvalue weighted by atomic mass is 16.5. The zero-order valence-corrected chi connectivity index (χ0v) is 22.7. The molecule has 0 unspecified atom stereocenters. The van der Waals surface area contributed by atoms with Crippen molar-refractivity contribution >= 4 is 11.8 Å². The average Bonchev–Trinajstić information content (AvgIpc) is 2.94. The van der Waals surface area contributed by atoms with Crippen LogP contribution in [-0.4, -0.2) is 85.6 Å². The fourth-order valence-corrected chi connectivity index (χ4v) is 5.33. The first kappa shape index (κ1) is 27.1. The second-order valence-corrected chi connectivity index (χ2v) is 10.0. The van der Waals surface area contributed by atoms with Crippen molar-refractivity contribution < 1.29 is 19.1 Å². The molecule has 1 fully saturated rings. The number of hydrogen-bond acceptors (Lipinski definition) is 5. The van der Waals surface area contributed by atoms with E-state index >= 15 is 0 Å². The number of hydrogen-bond donors (Lipinski definition) is 0. The van der Waals surface area contributed by atoms with E-state index in [2.05, 4.69) is 42.2 Å². The van der Waals surface area contributed by atoms with E-state index in [9.17, 15) is 9.59 Å². The van der Waals surface area contributed by atoms with Gasteiger partial charge in [0.05, 0.1) is 12.6 Å². The van der Waals surface area contributed by atoms with Crippen molar-refractivity contribution in [2.24, 2.45) is 0 Å². The molecular weight excluding hydrogens is 466 g/mol. The smallest absolute Gasteiger partial charge is 0.263 e. The predicted octanol–water partition coefficient (Wildman–Crippen LogP) is 3.83. The van der Waals surface area contributed by atoms with Crippen LogP contribution in [-0.2, 0) is 20.7 Å². The molecule has 7 heteroatoms. The lowest BCUT2D eigenvalue weighted by Crippen LogP contribution is -2.52. The van der Waals surface area contributed by atoms with Gasteiger partial charge in [-0.15, -0.1) is 0 Å². The molecule has 1 saturated heterocycles. The molecule has 0 saturated carbocycles. The van der Waals surface area contributed by atoms with Gasteiger partial charge in [0.1, 0.15) is 5.75 Å². The van der Waals surface area contributed by atoms with Crippen LogP contribution in [0.2, 0.25) is 0 Å². The van der Waals surface area contributed by atoms with E-state index < -0.39 is 6.10 Å². The Morgan fingerprint density at radius 1 is 1.00 bits per heavy atom. The molecule has 0 aliphatic carbocycles. The molecule has 2 amide bonds. The molecule has 2 aromatic carbocycles. The van der Waals surface area contributed by atoms with Crippen LogP contribution in [0.4, 0.5) is 0 Å². The molecule has 0 spiro atoms. The second-order valence-electron chi connectivity index (χ2n) is 10.0. The highest BCUT2D eigenvalue weighted by Gasteiger charge is 2.33. The minimum Gasteiger partial charge on any atom is -0.481 e. The number of carbonyl (C=O) groups is 2. The molecule has 0 aromatic heterocycles. The summed E-state index contributed by atoms with van der Waals surface area (Å²) >= 11 is 0. The lowest BCUT2D eigenvalue weighted by molar-refractivity contribution is -0.140. The van der Waals surface area contributed by atoms with Crippen LogP contribution >= 0.6 is 0 Å². The van der Waals surface area contributed by atoms with Gasteiger partial charge in [0.2, 0.25) is 5.91 Å². The Labute approximate surface area is 221 Å². The van der Waals surface area contributed by atoms with Gasteiger partial charge in [-0.05, 0) is 48.6 Å². The first-order valence-corrected chi connectivity index (χ1v) is 13.6. The highest BCUT2D eigenvalue weighted by Crippen LogP contribution is 2.38. The fourth-order valence-electron chi connectivity index (χ4n) is 5.33. The maximum Gasteiger partial charge on any atom is 0.263 e. The largest absolute Gasteiger partial charge is 0.481 e. The number of amides is 2. The molecule has 200 valence electrons. The Morgan fingerprint density at radius 3 is 2.38 bits per heavy atom. The van der Waals surface area contributed by atoms with Crippen molar-refractivity contribution in [2.45, 2.75) is 52.2 Å². The molecule has 0 radical (unpaired) electrons. The lowest BCUT2D eigenvalue weighted by atomic mass is 9.87. The highest BCUT2D eigenvalue weighted by molar-refractivity contribution is 5.81. The second kappa shape index (κ2) is 12.6. The molecule has 2 heterocycles. The third-order valence-electron chi connectivity index (χ3n) is 7.58. The van der Waals surface area contributed by atoms with E-state index in [4.69, 9.17) is 9.47 Å². The Hall–Kier alpha value is -2.90. The van der Waals surface area contributed by atoms with Crippen molar-refractivity contribution in [3.05, 3.63) is 64.7 Å². The number of aryl methyl sites for hydroxylation is 1. The minimum atomic E-state index is -0.529. The van der Waals surface area contributed by atoms with Crippen LogP contribution in [0.1, 0.15) is 55.0 Å². The summed E-state index contributed by atoms with van der Waals surface area (Å²) in [5.41, 5.74) is 4.60. The Morgan fingerprint density at radius 2 is 1.73 bits per heavy atom. The zero-order valence-electron chi connectivity index (χ0n) is 22.7. The topological polar surface area (TPSA) is 62.3 Å². The Kier molecular flexibility index (Phi) is 9.22. The van der Waals surface area contributed by atoms with E-state index in [-0.39, 0.29) is 17.9 Å². The summed E-state index contributed by atoms with van der Waals surface area (Å²) in [5, 5.41) is 0. The van der Waals surface area contributed by atoms with Crippen molar-refractivity contribution in [3.8, 4) is 5.75 Å². The Bertz CT molecular complexity index is 1060. The third-order valence-corrected chi connectivity index (χ3v) is 7.58. The van der Waals surface area contributed by atoms with E-state index in [1.807, 2.05) is 35.8 Å². The van der Waals surface area contributed by atoms with Crippen LogP contribution in [0, 0.1) is 6.92 Å². The maximum atomic E-state index is 13.3. The average molecular weight is 508 g/mol. The van der Waals surface area contributed by atoms with Gasteiger partial charge in [0, 0.05) is 52.8 Å². The molecule has 2 aromatic rings. The number of methoxy groups -OCH3 is 1. The number of carbonyl (C=O) groups excluding carboxylic acids is 2. The molecule has 37 heavy (non-hydrogen) atoms. The maximum absolute atomic E-state index is 13.3. The summed E-state index contributed by atoms with van der Waals surface area (Å²) < 4.78 is 11.5. The molecule has 2 aliphatic heterocycles. The van der Waals surface area contributed by atoms with Crippen LogP contribution < -0.4 is 4.74 Å². The lowest BCUT2D eigenvalue weighted by Gasteiger charge is -2.38. The first-order chi connectivity index (χ1) is 17.9. The first-order valence-electron chi connectivity index (χ1n) is 13.6. The predicted molar refractivity (Wildman–Crippen MR) is 145 cm³/mol. The van der Waals surface area contributed by atoms with Gasteiger partial charge in [-0.2, -0.15) is 0 Å². The molecule has 0 N–H and O–H groups in total. The van der Waals surface area contributed by atoms with Gasteiger partial charge in [0.25, 0.3) is 5.91 Å². The molecule has 7 nitrogen and oxygen atoms in total. The number of rotatable bonds is 9. The van der Waals surface area contributed by atoms with E-state index in [1.165, 1.54) is 11.1 Å². The van der Waals surface area contributed by atoms with Crippen LogP contribution in [0.3, 0.4) is 0 Å². The number of fused-ring (bicyclic) bond motifs is 1. The number of ether oxygens (including phenoxy) is 2. The van der Waals surface area contributed by atoms with E-state index in [0.717, 1.165) is 37.2 Å². The fraction of sp³-hybridized carbons (Fsp3) is 0.533. The van der Waals surface area contributed by atoms with Crippen LogP contribution in [0.15, 0.2) is 42.5 Å². The number of piperazine rings is 1. The molecule has 2 atom stereocenters. The van der Waals surface area contributed by atoms with Gasteiger partial charge >= 0.3 is 0 Å².